The Morgan fingerprint density at radius 1 is 1.14 bits per heavy atom. The lowest BCUT2D eigenvalue weighted by molar-refractivity contribution is 0.424. The van der Waals surface area contributed by atoms with Crippen molar-refractivity contribution in [3.8, 4) is 0 Å². The second-order valence-corrected chi connectivity index (χ2v) is 6.90. The summed E-state index contributed by atoms with van der Waals surface area (Å²) in [7, 11) is -1.76. The summed E-state index contributed by atoms with van der Waals surface area (Å²) in [6.07, 6.45) is 0. The molecule has 0 N–H and O–H groups in total. The molecule has 0 radical (unpaired) electrons. The molecule has 0 amide bonds. The van der Waals surface area contributed by atoms with Crippen LogP contribution < -0.4 is 9.21 Å². The summed E-state index contributed by atoms with van der Waals surface area (Å²) in [5.41, 5.74) is 1.55. The predicted molar refractivity (Wildman–Crippen MR) is 82.5 cm³/mol. The first-order valence-corrected chi connectivity index (χ1v) is 8.49. The number of benzene rings is 1. The third-order valence-corrected chi connectivity index (χ3v) is 5.46. The Balaban J connectivity index is 2.06. The molecule has 0 bridgehead atoms. The number of para-hydroxylation sites is 2. The van der Waals surface area contributed by atoms with Gasteiger partial charge >= 0.3 is 0 Å². The summed E-state index contributed by atoms with van der Waals surface area (Å²) < 4.78 is 32.2. The van der Waals surface area contributed by atoms with E-state index in [0.717, 1.165) is 5.69 Å². The van der Waals surface area contributed by atoms with E-state index in [1.165, 1.54) is 10.4 Å². The number of likely N-dealkylation sites (N-methyl/N-ethyl adjacent to an activating group) is 1. The first-order chi connectivity index (χ1) is 10.0. The van der Waals surface area contributed by atoms with Crippen molar-refractivity contribution in [3.05, 3.63) is 42.2 Å². The molecule has 3 rings (SSSR count). The van der Waals surface area contributed by atoms with Crippen LogP contribution in [0.3, 0.4) is 0 Å². The van der Waals surface area contributed by atoms with Crippen LogP contribution in [0, 0.1) is 0 Å². The zero-order valence-electron chi connectivity index (χ0n) is 11.5. The van der Waals surface area contributed by atoms with E-state index in [4.69, 9.17) is 16.0 Å². The van der Waals surface area contributed by atoms with Crippen molar-refractivity contribution in [2.45, 2.75) is 11.0 Å². The van der Waals surface area contributed by atoms with Gasteiger partial charge in [0.1, 0.15) is 5.76 Å². The van der Waals surface area contributed by atoms with Crippen molar-refractivity contribution in [2.75, 3.05) is 29.3 Å². The van der Waals surface area contributed by atoms with Crippen molar-refractivity contribution in [1.29, 1.82) is 0 Å². The Kier molecular flexibility index (Phi) is 3.59. The highest BCUT2D eigenvalue weighted by atomic mass is 35.5. The Hall–Kier alpha value is -1.66. The van der Waals surface area contributed by atoms with Gasteiger partial charge in [-0.3, -0.25) is 4.31 Å². The van der Waals surface area contributed by atoms with E-state index in [0.29, 0.717) is 24.5 Å². The number of sulfonamides is 1. The Morgan fingerprint density at radius 2 is 1.86 bits per heavy atom. The lowest BCUT2D eigenvalue weighted by atomic mass is 10.2. The highest BCUT2D eigenvalue weighted by molar-refractivity contribution is 7.92. The number of alkyl halides is 1. The predicted octanol–water partition coefficient (Wildman–Crippen LogP) is 2.66. The van der Waals surface area contributed by atoms with Crippen molar-refractivity contribution < 1.29 is 12.8 Å². The number of hydrogen-bond acceptors (Lipinski definition) is 4. The van der Waals surface area contributed by atoms with E-state index >= 15 is 0 Å². The van der Waals surface area contributed by atoms with Crippen LogP contribution in [-0.2, 0) is 15.9 Å². The zero-order chi connectivity index (χ0) is 15.0. The summed E-state index contributed by atoms with van der Waals surface area (Å²) in [6.45, 7) is 1.01. The van der Waals surface area contributed by atoms with E-state index in [1.807, 2.05) is 30.1 Å². The quantitative estimate of drug-likeness (QED) is 0.814. The van der Waals surface area contributed by atoms with Gasteiger partial charge in [0.2, 0.25) is 5.09 Å². The van der Waals surface area contributed by atoms with Gasteiger partial charge in [-0.2, -0.15) is 8.42 Å². The average Bonchev–Trinajstić information content (AvgIpc) is 2.97. The van der Waals surface area contributed by atoms with Gasteiger partial charge in [-0.25, -0.2) is 0 Å². The molecule has 7 heteroatoms. The number of furan rings is 1. The number of rotatable bonds is 3. The molecule has 112 valence electrons. The highest BCUT2D eigenvalue weighted by Crippen LogP contribution is 2.35. The van der Waals surface area contributed by atoms with Crippen LogP contribution >= 0.6 is 11.6 Å². The molecule has 0 unspecified atom stereocenters. The standard InChI is InChI=1S/C14H15ClN2O3S/c1-16-8-9-17(13-5-3-2-4-12(13)16)21(18,19)14-7-6-11(10-15)20-14/h2-7H,8-10H2,1H3. The molecule has 2 aromatic rings. The third-order valence-electron chi connectivity index (χ3n) is 3.51. The van der Waals surface area contributed by atoms with Crippen LogP contribution in [0.5, 0.6) is 0 Å². The molecule has 1 aromatic carbocycles. The summed E-state index contributed by atoms with van der Waals surface area (Å²) in [6, 6.07) is 10.5. The molecule has 0 fully saturated rings. The maximum Gasteiger partial charge on any atom is 0.297 e. The number of fused-ring (bicyclic) bond motifs is 1. The summed E-state index contributed by atoms with van der Waals surface area (Å²) in [5, 5.41) is -0.0718. The average molecular weight is 327 g/mol. The second-order valence-electron chi connectivity index (χ2n) is 4.84. The van der Waals surface area contributed by atoms with E-state index < -0.39 is 10.0 Å². The maximum absolute atomic E-state index is 12.8. The van der Waals surface area contributed by atoms with Gasteiger partial charge < -0.3 is 9.32 Å². The van der Waals surface area contributed by atoms with Crippen LogP contribution in [0.1, 0.15) is 5.76 Å². The molecular weight excluding hydrogens is 312 g/mol. The fourth-order valence-electron chi connectivity index (χ4n) is 2.41. The van der Waals surface area contributed by atoms with Crippen LogP contribution in [0.15, 0.2) is 45.9 Å². The molecule has 5 nitrogen and oxygen atoms in total. The molecule has 0 saturated heterocycles. The first kappa shape index (κ1) is 14.3. The van der Waals surface area contributed by atoms with E-state index in [2.05, 4.69) is 0 Å². The molecule has 1 aliphatic rings. The van der Waals surface area contributed by atoms with Crippen molar-refractivity contribution in [3.63, 3.8) is 0 Å². The highest BCUT2D eigenvalue weighted by Gasteiger charge is 2.32. The fraction of sp³-hybridized carbons (Fsp3) is 0.286. The SMILES string of the molecule is CN1CCN(S(=O)(=O)c2ccc(CCl)o2)c2ccccc21. The van der Waals surface area contributed by atoms with Gasteiger partial charge in [-0.15, -0.1) is 11.6 Å². The summed E-state index contributed by atoms with van der Waals surface area (Å²) in [4.78, 5) is 2.04. The summed E-state index contributed by atoms with van der Waals surface area (Å²) >= 11 is 5.67. The largest absolute Gasteiger partial charge is 0.447 e. The summed E-state index contributed by atoms with van der Waals surface area (Å²) in [5.74, 6) is 0.590. The van der Waals surface area contributed by atoms with Gasteiger partial charge in [-0.1, -0.05) is 12.1 Å². The van der Waals surface area contributed by atoms with Gasteiger partial charge in [0.15, 0.2) is 0 Å². The topological polar surface area (TPSA) is 53.8 Å². The fourth-order valence-corrected chi connectivity index (χ4v) is 3.96. The monoisotopic (exact) mass is 326 g/mol. The molecule has 0 aliphatic carbocycles. The van der Waals surface area contributed by atoms with Crippen molar-refractivity contribution >= 4 is 33.0 Å². The number of nitrogens with zero attached hydrogens (tertiary/aromatic N) is 2. The lowest BCUT2D eigenvalue weighted by Crippen LogP contribution is -2.42. The first-order valence-electron chi connectivity index (χ1n) is 6.51. The Bertz CT molecular complexity index is 757. The van der Waals surface area contributed by atoms with Crippen molar-refractivity contribution in [1.82, 2.24) is 0 Å². The second kappa shape index (κ2) is 5.27. The Labute approximate surface area is 128 Å². The van der Waals surface area contributed by atoms with E-state index in [1.54, 1.807) is 12.1 Å². The van der Waals surface area contributed by atoms with Crippen molar-refractivity contribution in [2.24, 2.45) is 0 Å². The van der Waals surface area contributed by atoms with Crippen LogP contribution in [0.4, 0.5) is 11.4 Å². The molecule has 0 spiro atoms. The van der Waals surface area contributed by atoms with Crippen LogP contribution in [0.2, 0.25) is 0 Å². The maximum atomic E-state index is 12.8. The van der Waals surface area contributed by atoms with Crippen LogP contribution in [-0.4, -0.2) is 28.6 Å². The minimum atomic E-state index is -3.71. The van der Waals surface area contributed by atoms with Crippen LogP contribution in [0.25, 0.3) is 0 Å². The third kappa shape index (κ3) is 2.38. The molecule has 1 aromatic heterocycles. The van der Waals surface area contributed by atoms with Gasteiger partial charge in [0.25, 0.3) is 10.0 Å². The Morgan fingerprint density at radius 3 is 2.52 bits per heavy atom. The molecule has 0 atom stereocenters. The molecule has 21 heavy (non-hydrogen) atoms. The molecule has 1 aliphatic heterocycles. The molecule has 2 heterocycles. The minimum absolute atomic E-state index is 0.0718. The number of hydrogen-bond donors (Lipinski definition) is 0. The molecule has 0 saturated carbocycles. The molecular formula is C14H15ClN2O3S. The van der Waals surface area contributed by atoms with Gasteiger partial charge in [0.05, 0.1) is 23.8 Å². The van der Waals surface area contributed by atoms with E-state index in [-0.39, 0.29) is 11.0 Å². The minimum Gasteiger partial charge on any atom is -0.447 e. The normalized spacial score (nSPS) is 15.1. The smallest absolute Gasteiger partial charge is 0.297 e. The van der Waals surface area contributed by atoms with Gasteiger partial charge in [-0.05, 0) is 24.3 Å². The lowest BCUT2D eigenvalue weighted by Gasteiger charge is -2.35. The number of anilines is 2. The van der Waals surface area contributed by atoms with Gasteiger partial charge in [0, 0.05) is 13.6 Å². The zero-order valence-corrected chi connectivity index (χ0v) is 13.1. The van der Waals surface area contributed by atoms with E-state index in [9.17, 15) is 8.42 Å². The number of halogens is 1.